The fourth-order valence-electron chi connectivity index (χ4n) is 3.69. The first kappa shape index (κ1) is 13.8. The van der Waals surface area contributed by atoms with Crippen molar-refractivity contribution in [3.63, 3.8) is 0 Å². The predicted molar refractivity (Wildman–Crippen MR) is 86.9 cm³/mol. The molecule has 1 amide bonds. The van der Waals surface area contributed by atoms with Gasteiger partial charge in [-0.15, -0.1) is 0 Å². The summed E-state index contributed by atoms with van der Waals surface area (Å²) in [5.41, 5.74) is 2.66. The molecule has 0 radical (unpaired) electrons. The molecule has 1 unspecified atom stereocenters. The first-order valence-corrected chi connectivity index (χ1v) is 7.99. The molecule has 3 nitrogen and oxygen atoms in total. The summed E-state index contributed by atoms with van der Waals surface area (Å²) in [5, 5.41) is 4.29. The topological polar surface area (TPSA) is 32.3 Å². The highest BCUT2D eigenvalue weighted by atomic mass is 35.5. The molecule has 1 fully saturated rings. The highest BCUT2D eigenvalue weighted by Gasteiger charge is 2.46. The zero-order valence-corrected chi connectivity index (χ0v) is 12.9. The van der Waals surface area contributed by atoms with Crippen LogP contribution < -0.4 is 5.32 Å². The van der Waals surface area contributed by atoms with Crippen molar-refractivity contribution in [2.75, 3.05) is 13.1 Å². The van der Waals surface area contributed by atoms with Gasteiger partial charge in [0.2, 0.25) is 0 Å². The van der Waals surface area contributed by atoms with E-state index in [1.807, 2.05) is 47.4 Å². The lowest BCUT2D eigenvalue weighted by atomic mass is 9.93. The van der Waals surface area contributed by atoms with E-state index in [9.17, 15) is 4.79 Å². The molecule has 2 aliphatic heterocycles. The number of hydrogen-bond acceptors (Lipinski definition) is 2. The average molecular weight is 313 g/mol. The Balaban J connectivity index is 1.83. The number of hydrogen-bond donors (Lipinski definition) is 1. The summed E-state index contributed by atoms with van der Waals surface area (Å²) in [5.74, 6) is 0.119. The fraction of sp³-hybridized carbons (Fsp3) is 0.278. The molecular formula is C18H17ClN2O. The summed E-state index contributed by atoms with van der Waals surface area (Å²) < 4.78 is 0. The molecule has 22 heavy (non-hydrogen) atoms. The molecule has 1 saturated heterocycles. The second-order valence-corrected chi connectivity index (χ2v) is 6.34. The zero-order valence-electron chi connectivity index (χ0n) is 12.2. The highest BCUT2D eigenvalue weighted by Crippen LogP contribution is 2.38. The van der Waals surface area contributed by atoms with Gasteiger partial charge in [0.15, 0.2) is 0 Å². The molecule has 112 valence electrons. The number of benzene rings is 2. The van der Waals surface area contributed by atoms with Gasteiger partial charge in [-0.05, 0) is 42.2 Å². The molecule has 2 aromatic rings. The number of nitrogens with one attached hydrogen (secondary N) is 1. The number of carbonyl (C=O) groups is 1. The summed E-state index contributed by atoms with van der Waals surface area (Å²) in [6, 6.07) is 15.8. The zero-order chi connectivity index (χ0) is 15.2. The maximum Gasteiger partial charge on any atom is 0.255 e. The lowest BCUT2D eigenvalue weighted by molar-refractivity contribution is 0.0545. The predicted octanol–water partition coefficient (Wildman–Crippen LogP) is 3.18. The lowest BCUT2D eigenvalue weighted by Crippen LogP contribution is -2.50. The first-order valence-electron chi connectivity index (χ1n) is 7.62. The number of aryl methyl sites for hydroxylation is 1. The van der Waals surface area contributed by atoms with Crippen molar-refractivity contribution in [3.8, 4) is 0 Å². The SMILES string of the molecule is O=C1c2ccccc2CCC2(c3ccc(Cl)cc3)NCCN12. The van der Waals surface area contributed by atoms with Crippen LogP contribution in [0.4, 0.5) is 0 Å². The van der Waals surface area contributed by atoms with E-state index in [1.54, 1.807) is 0 Å². The van der Waals surface area contributed by atoms with Gasteiger partial charge in [-0.3, -0.25) is 10.1 Å². The minimum Gasteiger partial charge on any atom is -0.315 e. The summed E-state index contributed by atoms with van der Waals surface area (Å²) in [7, 11) is 0. The van der Waals surface area contributed by atoms with E-state index < -0.39 is 5.66 Å². The maximum absolute atomic E-state index is 13.0. The van der Waals surface area contributed by atoms with Crippen molar-refractivity contribution >= 4 is 17.5 Å². The van der Waals surface area contributed by atoms with Crippen LogP contribution in [0, 0.1) is 0 Å². The smallest absolute Gasteiger partial charge is 0.255 e. The van der Waals surface area contributed by atoms with Crippen LogP contribution in [0.1, 0.15) is 27.9 Å². The van der Waals surface area contributed by atoms with Crippen molar-refractivity contribution in [2.24, 2.45) is 0 Å². The van der Waals surface area contributed by atoms with Gasteiger partial charge in [-0.25, -0.2) is 0 Å². The third-order valence-electron chi connectivity index (χ3n) is 4.78. The van der Waals surface area contributed by atoms with Crippen LogP contribution in [-0.2, 0) is 12.1 Å². The van der Waals surface area contributed by atoms with E-state index in [0.29, 0.717) is 5.02 Å². The Hall–Kier alpha value is -1.84. The largest absolute Gasteiger partial charge is 0.315 e. The quantitative estimate of drug-likeness (QED) is 0.877. The van der Waals surface area contributed by atoms with Crippen LogP contribution in [0.15, 0.2) is 48.5 Å². The highest BCUT2D eigenvalue weighted by molar-refractivity contribution is 6.30. The van der Waals surface area contributed by atoms with Crippen LogP contribution in [-0.4, -0.2) is 23.9 Å². The number of nitrogens with zero attached hydrogens (tertiary/aromatic N) is 1. The number of halogens is 1. The Labute approximate surface area is 134 Å². The molecule has 4 rings (SSSR count). The standard InChI is InChI=1S/C18H17ClN2O/c19-15-7-5-14(6-8-15)18-10-9-13-3-1-2-4-16(13)17(22)21(18)12-11-20-18/h1-8,20H,9-12H2. The number of fused-ring (bicyclic) bond motifs is 2. The number of amides is 1. The summed E-state index contributed by atoms with van der Waals surface area (Å²) in [4.78, 5) is 15.0. The molecule has 0 aliphatic carbocycles. The van der Waals surface area contributed by atoms with Crippen LogP contribution >= 0.6 is 11.6 Å². The molecule has 1 N–H and O–H groups in total. The Morgan fingerprint density at radius 3 is 2.68 bits per heavy atom. The molecule has 0 aromatic heterocycles. The van der Waals surface area contributed by atoms with Gasteiger partial charge in [0.25, 0.3) is 5.91 Å². The number of rotatable bonds is 1. The Morgan fingerprint density at radius 2 is 1.86 bits per heavy atom. The van der Waals surface area contributed by atoms with Gasteiger partial charge in [0.1, 0.15) is 5.66 Å². The van der Waals surface area contributed by atoms with Gasteiger partial charge in [0.05, 0.1) is 0 Å². The van der Waals surface area contributed by atoms with Gasteiger partial charge >= 0.3 is 0 Å². The molecule has 2 aliphatic rings. The number of carbonyl (C=O) groups excluding carboxylic acids is 1. The Morgan fingerprint density at radius 1 is 1.09 bits per heavy atom. The van der Waals surface area contributed by atoms with E-state index in [0.717, 1.165) is 42.6 Å². The maximum atomic E-state index is 13.0. The second-order valence-electron chi connectivity index (χ2n) is 5.91. The molecule has 0 bridgehead atoms. The minimum absolute atomic E-state index is 0.119. The molecule has 1 atom stereocenters. The van der Waals surface area contributed by atoms with Crippen LogP contribution in [0.2, 0.25) is 5.02 Å². The summed E-state index contributed by atoms with van der Waals surface area (Å²) in [6.07, 6.45) is 1.76. The van der Waals surface area contributed by atoms with Gasteiger partial charge < -0.3 is 4.90 Å². The fourth-order valence-corrected chi connectivity index (χ4v) is 3.82. The van der Waals surface area contributed by atoms with Gasteiger partial charge in [-0.1, -0.05) is 41.9 Å². The van der Waals surface area contributed by atoms with Crippen LogP contribution in [0.5, 0.6) is 0 Å². The van der Waals surface area contributed by atoms with Crippen LogP contribution in [0.3, 0.4) is 0 Å². The molecular weight excluding hydrogens is 296 g/mol. The second kappa shape index (κ2) is 5.11. The van der Waals surface area contributed by atoms with E-state index >= 15 is 0 Å². The lowest BCUT2D eigenvalue weighted by Gasteiger charge is -2.37. The molecule has 2 aromatic carbocycles. The third-order valence-corrected chi connectivity index (χ3v) is 5.04. The summed E-state index contributed by atoms with van der Waals surface area (Å²) >= 11 is 6.02. The monoisotopic (exact) mass is 312 g/mol. The molecule has 2 heterocycles. The van der Waals surface area contributed by atoms with Crippen molar-refractivity contribution in [2.45, 2.75) is 18.5 Å². The minimum atomic E-state index is -0.416. The van der Waals surface area contributed by atoms with Gasteiger partial charge in [0, 0.05) is 23.7 Å². The van der Waals surface area contributed by atoms with E-state index in [-0.39, 0.29) is 5.91 Å². The average Bonchev–Trinajstić information content (AvgIpc) is 2.94. The van der Waals surface area contributed by atoms with E-state index in [4.69, 9.17) is 11.6 Å². The third kappa shape index (κ3) is 1.97. The Kier molecular flexibility index (Phi) is 3.21. The van der Waals surface area contributed by atoms with E-state index in [1.165, 1.54) is 0 Å². The van der Waals surface area contributed by atoms with Gasteiger partial charge in [-0.2, -0.15) is 0 Å². The van der Waals surface area contributed by atoms with E-state index in [2.05, 4.69) is 11.4 Å². The molecule has 4 heteroatoms. The van der Waals surface area contributed by atoms with Crippen molar-refractivity contribution in [3.05, 3.63) is 70.2 Å². The van der Waals surface area contributed by atoms with Crippen molar-refractivity contribution in [1.29, 1.82) is 0 Å². The van der Waals surface area contributed by atoms with Crippen LogP contribution in [0.25, 0.3) is 0 Å². The molecule has 0 saturated carbocycles. The van der Waals surface area contributed by atoms with Crippen molar-refractivity contribution in [1.82, 2.24) is 10.2 Å². The van der Waals surface area contributed by atoms with Crippen molar-refractivity contribution < 1.29 is 4.79 Å². The Bertz CT molecular complexity index is 728. The first-order chi connectivity index (χ1) is 10.7. The summed E-state index contributed by atoms with van der Waals surface area (Å²) in [6.45, 7) is 1.55. The molecule has 0 spiro atoms. The normalized spacial score (nSPS) is 23.9.